The second kappa shape index (κ2) is 12.8. The first kappa shape index (κ1) is 31.2. The Morgan fingerprint density at radius 2 is 1.91 bits per heavy atom. The number of allylic oxidation sites excluding steroid dienone is 1. The minimum absolute atomic E-state index is 0.0732. The van der Waals surface area contributed by atoms with Crippen molar-refractivity contribution in [2.24, 2.45) is 10.9 Å². The summed E-state index contributed by atoms with van der Waals surface area (Å²) in [5, 5.41) is 8.20. The fourth-order valence-corrected chi connectivity index (χ4v) is 6.84. The van der Waals surface area contributed by atoms with Gasteiger partial charge in [-0.3, -0.25) is 14.5 Å². The van der Waals surface area contributed by atoms with E-state index in [1.54, 1.807) is 13.1 Å². The molecule has 1 saturated heterocycles. The van der Waals surface area contributed by atoms with Crippen molar-refractivity contribution in [1.29, 1.82) is 0 Å². The first-order valence-electron chi connectivity index (χ1n) is 15.2. The van der Waals surface area contributed by atoms with Gasteiger partial charge in [0, 0.05) is 50.2 Å². The zero-order valence-electron chi connectivity index (χ0n) is 25.8. The van der Waals surface area contributed by atoms with Crippen molar-refractivity contribution in [2.45, 2.75) is 59.0 Å². The molecule has 11 nitrogen and oxygen atoms in total. The van der Waals surface area contributed by atoms with Crippen LogP contribution in [0, 0.1) is 5.92 Å². The number of piperidine rings is 1. The van der Waals surface area contributed by atoms with Gasteiger partial charge < -0.3 is 10.2 Å². The quantitative estimate of drug-likeness (QED) is 0.460. The number of sulfone groups is 1. The number of nitrogens with one attached hydrogen (secondary N) is 1. The maximum atomic E-state index is 13.6. The summed E-state index contributed by atoms with van der Waals surface area (Å²) < 4.78 is 24.9. The first-order chi connectivity index (χ1) is 20.4. The number of dihydropyridines is 1. The summed E-state index contributed by atoms with van der Waals surface area (Å²) in [5.74, 6) is -0.752. The molecule has 1 N–H and O–H groups in total. The molecule has 0 saturated carbocycles. The van der Waals surface area contributed by atoms with E-state index in [0.717, 1.165) is 62.3 Å². The maximum Gasteiger partial charge on any atom is 0.254 e. The Labute approximate surface area is 254 Å². The van der Waals surface area contributed by atoms with Crippen LogP contribution in [0.3, 0.4) is 0 Å². The molecule has 2 aromatic heterocycles. The molecular formula is C31H43N7O4S. The van der Waals surface area contributed by atoms with Gasteiger partial charge in [-0.1, -0.05) is 11.6 Å². The molecule has 0 aliphatic carbocycles. The van der Waals surface area contributed by atoms with Crippen LogP contribution in [0.1, 0.15) is 69.1 Å². The SMILES string of the molecule is CC1=CC(C)=NC(=O)C1CNC(=O)c1cc(C2=CCN(C3CCN(CCS(C)(=O)=O)CC3)CC2)nc2c1cnn2C(C)C. The number of amides is 2. The van der Waals surface area contributed by atoms with E-state index in [9.17, 15) is 18.0 Å². The lowest BCUT2D eigenvalue weighted by Gasteiger charge is -2.39. The minimum atomic E-state index is -2.95. The Balaban J connectivity index is 1.30. The molecule has 232 valence electrons. The Hall–Kier alpha value is -3.22. The number of aromatic nitrogens is 3. The van der Waals surface area contributed by atoms with E-state index in [4.69, 9.17) is 4.98 Å². The molecule has 0 radical (unpaired) electrons. The van der Waals surface area contributed by atoms with Gasteiger partial charge >= 0.3 is 0 Å². The highest BCUT2D eigenvalue weighted by Crippen LogP contribution is 2.29. The van der Waals surface area contributed by atoms with Crippen molar-refractivity contribution in [2.75, 3.05) is 51.3 Å². The Bertz CT molecular complexity index is 1600. The van der Waals surface area contributed by atoms with Crippen molar-refractivity contribution in [1.82, 2.24) is 29.9 Å². The van der Waals surface area contributed by atoms with E-state index in [1.807, 2.05) is 37.6 Å². The molecule has 1 atom stereocenters. The molecule has 1 fully saturated rings. The number of fused-ring (bicyclic) bond motifs is 1. The van der Waals surface area contributed by atoms with Crippen LogP contribution in [-0.2, 0) is 14.6 Å². The Morgan fingerprint density at radius 1 is 1.16 bits per heavy atom. The van der Waals surface area contributed by atoms with Crippen LogP contribution < -0.4 is 5.32 Å². The van der Waals surface area contributed by atoms with Crippen LogP contribution in [0.2, 0.25) is 0 Å². The highest BCUT2D eigenvalue weighted by atomic mass is 32.2. The van der Waals surface area contributed by atoms with E-state index < -0.39 is 15.8 Å². The average Bonchev–Trinajstić information content (AvgIpc) is 3.39. The van der Waals surface area contributed by atoms with Gasteiger partial charge in [0.1, 0.15) is 9.84 Å². The Kier molecular flexibility index (Phi) is 9.29. The third-order valence-corrected chi connectivity index (χ3v) is 9.68. The van der Waals surface area contributed by atoms with Gasteiger partial charge in [-0.25, -0.2) is 23.1 Å². The summed E-state index contributed by atoms with van der Waals surface area (Å²) in [7, 11) is -2.95. The molecule has 43 heavy (non-hydrogen) atoms. The summed E-state index contributed by atoms with van der Waals surface area (Å²) in [6, 6.07) is 2.41. The number of carbonyl (C=O) groups excluding carboxylic acids is 2. The minimum Gasteiger partial charge on any atom is -0.351 e. The second-order valence-corrected chi connectivity index (χ2v) is 14.7. The van der Waals surface area contributed by atoms with Gasteiger partial charge in [0.05, 0.1) is 34.5 Å². The fraction of sp³-hybridized carbons (Fsp3) is 0.581. The predicted octanol–water partition coefficient (Wildman–Crippen LogP) is 2.90. The Morgan fingerprint density at radius 3 is 2.53 bits per heavy atom. The third kappa shape index (κ3) is 7.30. The number of carbonyl (C=O) groups is 2. The van der Waals surface area contributed by atoms with Crippen LogP contribution >= 0.6 is 0 Å². The lowest BCUT2D eigenvalue weighted by molar-refractivity contribution is -0.120. The van der Waals surface area contributed by atoms with E-state index in [1.165, 1.54) is 6.26 Å². The van der Waals surface area contributed by atoms with Gasteiger partial charge in [0.15, 0.2) is 5.65 Å². The zero-order chi connectivity index (χ0) is 30.9. The summed E-state index contributed by atoms with van der Waals surface area (Å²) in [6.45, 7) is 12.1. The van der Waals surface area contributed by atoms with Crippen LogP contribution in [0.4, 0.5) is 0 Å². The molecule has 0 bridgehead atoms. The normalized spacial score (nSPS) is 21.2. The highest BCUT2D eigenvalue weighted by Gasteiger charge is 2.28. The van der Waals surface area contributed by atoms with Crippen molar-refractivity contribution in [3.05, 3.63) is 41.2 Å². The van der Waals surface area contributed by atoms with Crippen LogP contribution in [0.15, 0.2) is 35.0 Å². The molecule has 2 aromatic rings. The lowest BCUT2D eigenvalue weighted by Crippen LogP contribution is -2.47. The number of aliphatic imine (C=N–C) groups is 1. The van der Waals surface area contributed by atoms with Crippen LogP contribution in [0.25, 0.3) is 16.6 Å². The largest absolute Gasteiger partial charge is 0.351 e. The average molecular weight is 610 g/mol. The number of rotatable bonds is 9. The van der Waals surface area contributed by atoms with Crippen LogP contribution in [0.5, 0.6) is 0 Å². The predicted molar refractivity (Wildman–Crippen MR) is 169 cm³/mol. The van der Waals surface area contributed by atoms with Gasteiger partial charge in [-0.2, -0.15) is 5.10 Å². The molecule has 12 heteroatoms. The van der Waals surface area contributed by atoms with Gasteiger partial charge in [-0.15, -0.1) is 0 Å². The third-order valence-electron chi connectivity index (χ3n) is 8.76. The van der Waals surface area contributed by atoms with E-state index in [0.29, 0.717) is 34.9 Å². The summed E-state index contributed by atoms with van der Waals surface area (Å²) in [5.41, 5.74) is 4.64. The number of likely N-dealkylation sites (tertiary alicyclic amines) is 1. The molecule has 1 unspecified atom stereocenters. The van der Waals surface area contributed by atoms with Gasteiger partial charge in [0.2, 0.25) is 0 Å². The van der Waals surface area contributed by atoms with E-state index in [-0.39, 0.29) is 30.2 Å². The smallest absolute Gasteiger partial charge is 0.254 e. The van der Waals surface area contributed by atoms with E-state index in [2.05, 4.69) is 31.3 Å². The molecule has 0 aromatic carbocycles. The van der Waals surface area contributed by atoms with Crippen molar-refractivity contribution in [3.8, 4) is 0 Å². The molecule has 3 aliphatic heterocycles. The number of pyridine rings is 1. The maximum absolute atomic E-state index is 13.6. The standard InChI is InChI=1S/C31H43N7O4S/c1-20(2)38-29-27(19-33-38)25(30(39)32-18-26-21(3)16-22(4)34-31(26)40)17-28(35-29)23-6-12-37(13-7-23)24-8-10-36(11-9-24)14-15-43(5,41)42/h6,16-17,19-20,24,26H,7-15,18H2,1-5H3,(H,32,39). The molecule has 5 rings (SSSR count). The second-order valence-electron chi connectivity index (χ2n) is 12.4. The number of hydrogen-bond acceptors (Lipinski definition) is 8. The topological polar surface area (TPSA) is 130 Å². The van der Waals surface area contributed by atoms with Crippen LogP contribution in [-0.4, -0.2) is 108 Å². The van der Waals surface area contributed by atoms with Crippen molar-refractivity contribution >= 4 is 44.0 Å². The van der Waals surface area contributed by atoms with Gasteiger partial charge in [0.25, 0.3) is 11.8 Å². The van der Waals surface area contributed by atoms with Gasteiger partial charge in [-0.05, 0) is 77.8 Å². The monoisotopic (exact) mass is 609 g/mol. The van der Waals surface area contributed by atoms with Crippen molar-refractivity contribution in [3.63, 3.8) is 0 Å². The first-order valence-corrected chi connectivity index (χ1v) is 17.2. The number of hydrogen-bond donors (Lipinski definition) is 1. The lowest BCUT2D eigenvalue weighted by atomic mass is 9.95. The summed E-state index contributed by atoms with van der Waals surface area (Å²) in [4.78, 5) is 39.9. The molecule has 2 amide bonds. The molecule has 0 spiro atoms. The van der Waals surface area contributed by atoms with E-state index >= 15 is 0 Å². The summed E-state index contributed by atoms with van der Waals surface area (Å²) in [6.07, 6.45) is 9.97. The molecule has 3 aliphatic rings. The zero-order valence-corrected chi connectivity index (χ0v) is 26.7. The fourth-order valence-electron chi connectivity index (χ4n) is 6.25. The van der Waals surface area contributed by atoms with Crippen molar-refractivity contribution < 1.29 is 18.0 Å². The summed E-state index contributed by atoms with van der Waals surface area (Å²) >= 11 is 0. The molecular weight excluding hydrogens is 566 g/mol. The highest BCUT2D eigenvalue weighted by molar-refractivity contribution is 7.90. The molecule has 5 heterocycles. The number of nitrogens with zero attached hydrogens (tertiary/aromatic N) is 6.